The first-order valence-electron chi connectivity index (χ1n) is 8.18. The monoisotopic (exact) mass is 306 g/mol. The Bertz CT molecular complexity index is 459. The fourth-order valence-corrected chi connectivity index (χ4v) is 2.55. The molecule has 0 unspecified atom stereocenters. The van der Waals surface area contributed by atoms with Crippen molar-refractivity contribution < 1.29 is 14.3 Å². The third-order valence-electron chi connectivity index (χ3n) is 3.69. The van der Waals surface area contributed by atoms with Crippen LogP contribution in [0.1, 0.15) is 39.0 Å². The molecule has 0 heterocycles. The van der Waals surface area contributed by atoms with Crippen LogP contribution in [-0.2, 0) is 4.74 Å². The summed E-state index contributed by atoms with van der Waals surface area (Å²) in [4.78, 5) is 11.9. The number of para-hydroxylation sites is 2. The Morgan fingerprint density at radius 1 is 1.27 bits per heavy atom. The number of ether oxygens (including phenoxy) is 2. The van der Waals surface area contributed by atoms with Gasteiger partial charge in [0.05, 0.1) is 11.8 Å². The van der Waals surface area contributed by atoms with Crippen molar-refractivity contribution in [2.75, 3.05) is 25.1 Å². The summed E-state index contributed by atoms with van der Waals surface area (Å²) in [5, 5.41) is 5.68. The molecule has 0 radical (unpaired) electrons. The molecule has 0 spiro atoms. The molecule has 0 bridgehead atoms. The predicted molar refractivity (Wildman–Crippen MR) is 87.5 cm³/mol. The maximum Gasteiger partial charge on any atom is 0.319 e. The second kappa shape index (κ2) is 9.30. The molecule has 5 nitrogen and oxygen atoms in total. The van der Waals surface area contributed by atoms with Crippen LogP contribution in [0.15, 0.2) is 24.3 Å². The predicted octanol–water partition coefficient (Wildman–Crippen LogP) is 3.56. The Morgan fingerprint density at radius 3 is 2.82 bits per heavy atom. The lowest BCUT2D eigenvalue weighted by Crippen LogP contribution is -2.30. The van der Waals surface area contributed by atoms with E-state index in [0.717, 1.165) is 30.7 Å². The number of hydrogen-bond donors (Lipinski definition) is 2. The van der Waals surface area contributed by atoms with E-state index < -0.39 is 0 Å². The van der Waals surface area contributed by atoms with Crippen LogP contribution >= 0.6 is 0 Å². The van der Waals surface area contributed by atoms with E-state index >= 15 is 0 Å². The summed E-state index contributed by atoms with van der Waals surface area (Å²) in [6, 6.07) is 7.38. The summed E-state index contributed by atoms with van der Waals surface area (Å²) in [7, 11) is 0. The molecule has 1 fully saturated rings. The first kappa shape index (κ1) is 16.6. The van der Waals surface area contributed by atoms with Gasteiger partial charge in [-0.15, -0.1) is 0 Å². The molecule has 0 atom stereocenters. The van der Waals surface area contributed by atoms with E-state index in [1.807, 2.05) is 31.2 Å². The third-order valence-corrected chi connectivity index (χ3v) is 3.69. The normalized spacial score (nSPS) is 14.8. The van der Waals surface area contributed by atoms with Gasteiger partial charge in [-0.2, -0.15) is 0 Å². The average Bonchev–Trinajstić information content (AvgIpc) is 3.02. The van der Waals surface area contributed by atoms with E-state index in [1.165, 1.54) is 12.8 Å². The molecular formula is C17H26N2O3. The van der Waals surface area contributed by atoms with Crippen molar-refractivity contribution in [2.45, 2.75) is 45.1 Å². The summed E-state index contributed by atoms with van der Waals surface area (Å²) < 4.78 is 11.2. The molecule has 1 aliphatic carbocycles. The van der Waals surface area contributed by atoms with Crippen LogP contribution in [0, 0.1) is 0 Å². The minimum absolute atomic E-state index is 0.209. The minimum Gasteiger partial charge on any atom is -0.488 e. The highest BCUT2D eigenvalue weighted by Crippen LogP contribution is 2.29. The molecule has 1 aromatic carbocycles. The Hall–Kier alpha value is -1.75. The summed E-state index contributed by atoms with van der Waals surface area (Å²) in [5.41, 5.74) is 0.719. The summed E-state index contributed by atoms with van der Waals surface area (Å²) in [6.45, 7) is 3.93. The molecule has 22 heavy (non-hydrogen) atoms. The Morgan fingerprint density at radius 2 is 2.05 bits per heavy atom. The Balaban J connectivity index is 1.79. The van der Waals surface area contributed by atoms with Crippen LogP contribution in [0.25, 0.3) is 0 Å². The number of anilines is 1. The SMILES string of the molecule is CCOCCCNC(=O)Nc1ccccc1OC1CCCC1. The van der Waals surface area contributed by atoms with Gasteiger partial charge in [-0.3, -0.25) is 0 Å². The molecule has 1 aliphatic rings. The second-order valence-corrected chi connectivity index (χ2v) is 5.45. The van der Waals surface area contributed by atoms with Crippen LogP contribution in [0.5, 0.6) is 5.75 Å². The average molecular weight is 306 g/mol. The molecule has 0 aliphatic heterocycles. The zero-order valence-electron chi connectivity index (χ0n) is 13.3. The van der Waals surface area contributed by atoms with Crippen molar-refractivity contribution in [3.05, 3.63) is 24.3 Å². The van der Waals surface area contributed by atoms with E-state index in [9.17, 15) is 4.79 Å². The second-order valence-electron chi connectivity index (χ2n) is 5.45. The molecule has 5 heteroatoms. The fourth-order valence-electron chi connectivity index (χ4n) is 2.55. The quantitative estimate of drug-likeness (QED) is 0.722. The van der Waals surface area contributed by atoms with Crippen molar-refractivity contribution in [2.24, 2.45) is 0 Å². The zero-order chi connectivity index (χ0) is 15.6. The van der Waals surface area contributed by atoms with E-state index in [1.54, 1.807) is 0 Å². The van der Waals surface area contributed by atoms with Gasteiger partial charge in [0.1, 0.15) is 5.75 Å². The van der Waals surface area contributed by atoms with Crippen LogP contribution in [0.3, 0.4) is 0 Å². The lowest BCUT2D eigenvalue weighted by molar-refractivity contribution is 0.145. The van der Waals surface area contributed by atoms with Crippen molar-refractivity contribution >= 4 is 11.7 Å². The van der Waals surface area contributed by atoms with Gasteiger partial charge in [0.25, 0.3) is 0 Å². The highest BCUT2D eigenvalue weighted by atomic mass is 16.5. The number of nitrogens with one attached hydrogen (secondary N) is 2. The first-order chi connectivity index (χ1) is 10.8. The number of carbonyl (C=O) groups excluding carboxylic acids is 1. The maximum atomic E-state index is 11.9. The van der Waals surface area contributed by atoms with Crippen LogP contribution < -0.4 is 15.4 Å². The fraction of sp³-hybridized carbons (Fsp3) is 0.588. The van der Waals surface area contributed by atoms with Crippen molar-refractivity contribution in [1.29, 1.82) is 0 Å². The highest BCUT2D eigenvalue weighted by Gasteiger charge is 2.18. The van der Waals surface area contributed by atoms with E-state index in [2.05, 4.69) is 10.6 Å². The van der Waals surface area contributed by atoms with Gasteiger partial charge in [0.2, 0.25) is 0 Å². The third kappa shape index (κ3) is 5.56. The summed E-state index contributed by atoms with van der Waals surface area (Å²) in [5.74, 6) is 0.749. The number of amides is 2. The van der Waals surface area contributed by atoms with Gasteiger partial charge >= 0.3 is 6.03 Å². The number of rotatable bonds is 8. The van der Waals surface area contributed by atoms with Crippen LogP contribution in [0.4, 0.5) is 10.5 Å². The minimum atomic E-state index is -0.209. The number of hydrogen-bond acceptors (Lipinski definition) is 3. The van der Waals surface area contributed by atoms with Gasteiger partial charge in [-0.05, 0) is 51.2 Å². The molecule has 1 aromatic rings. The number of benzene rings is 1. The molecule has 1 saturated carbocycles. The summed E-state index contributed by atoms with van der Waals surface area (Å²) >= 11 is 0. The summed E-state index contributed by atoms with van der Waals surface area (Å²) in [6.07, 6.45) is 5.72. The molecule has 2 amide bonds. The smallest absolute Gasteiger partial charge is 0.319 e. The molecular weight excluding hydrogens is 280 g/mol. The van der Waals surface area contributed by atoms with E-state index in [0.29, 0.717) is 19.8 Å². The number of carbonyl (C=O) groups is 1. The lowest BCUT2D eigenvalue weighted by Gasteiger charge is -2.17. The van der Waals surface area contributed by atoms with Gasteiger partial charge in [-0.1, -0.05) is 12.1 Å². The maximum absolute atomic E-state index is 11.9. The molecule has 0 aromatic heterocycles. The van der Waals surface area contributed by atoms with Gasteiger partial charge in [0.15, 0.2) is 0 Å². The van der Waals surface area contributed by atoms with E-state index in [4.69, 9.17) is 9.47 Å². The Kier molecular flexibility index (Phi) is 7.03. The molecule has 2 rings (SSSR count). The standard InChI is InChI=1S/C17H26N2O3/c1-2-21-13-7-12-18-17(20)19-15-10-5-6-11-16(15)22-14-8-3-4-9-14/h5-6,10-11,14H,2-4,7-9,12-13H2,1H3,(H2,18,19,20). The van der Waals surface area contributed by atoms with Crippen molar-refractivity contribution in [3.8, 4) is 5.75 Å². The topological polar surface area (TPSA) is 59.6 Å². The number of urea groups is 1. The first-order valence-corrected chi connectivity index (χ1v) is 8.18. The van der Waals surface area contributed by atoms with Crippen molar-refractivity contribution in [1.82, 2.24) is 5.32 Å². The van der Waals surface area contributed by atoms with Gasteiger partial charge < -0.3 is 20.1 Å². The van der Waals surface area contributed by atoms with E-state index in [-0.39, 0.29) is 12.1 Å². The van der Waals surface area contributed by atoms with Crippen LogP contribution in [-0.4, -0.2) is 31.9 Å². The van der Waals surface area contributed by atoms with Gasteiger partial charge in [-0.25, -0.2) is 4.79 Å². The Labute approximate surface area is 132 Å². The van der Waals surface area contributed by atoms with Crippen LogP contribution in [0.2, 0.25) is 0 Å². The molecule has 0 saturated heterocycles. The zero-order valence-corrected chi connectivity index (χ0v) is 13.3. The molecule has 122 valence electrons. The largest absolute Gasteiger partial charge is 0.488 e. The lowest BCUT2D eigenvalue weighted by atomic mass is 10.2. The van der Waals surface area contributed by atoms with Crippen molar-refractivity contribution in [3.63, 3.8) is 0 Å². The highest BCUT2D eigenvalue weighted by molar-refractivity contribution is 5.90. The molecule has 2 N–H and O–H groups in total. The van der Waals surface area contributed by atoms with Gasteiger partial charge in [0, 0.05) is 19.8 Å².